The van der Waals surface area contributed by atoms with Crippen molar-refractivity contribution in [1.82, 2.24) is 4.98 Å². The first kappa shape index (κ1) is 53.2. The second-order valence-corrected chi connectivity index (χ2v) is 25.6. The number of fused-ring (bicyclic) bond motifs is 4. The van der Waals surface area contributed by atoms with Crippen molar-refractivity contribution in [1.29, 1.82) is 0 Å². The number of hydrogen-bond donors (Lipinski definition) is 1. The zero-order chi connectivity index (χ0) is 54.8. The number of para-hydroxylation sites is 2. The summed E-state index contributed by atoms with van der Waals surface area (Å²) in [5.74, 6) is 3.28. The molecule has 1 aromatic heterocycles. The highest BCUT2D eigenvalue weighted by Gasteiger charge is 2.36. The second kappa shape index (κ2) is 20.7. The van der Waals surface area contributed by atoms with Crippen LogP contribution < -0.4 is 15.0 Å². The quantitative estimate of drug-likeness (QED) is 0.124. The largest absolute Gasteiger partial charge is 0.457 e. The lowest BCUT2D eigenvalue weighted by atomic mass is 9.82. The lowest BCUT2D eigenvalue weighted by Gasteiger charge is -2.35. The molecule has 1 N–H and O–H groups in total. The molecule has 4 heteroatoms. The van der Waals surface area contributed by atoms with Crippen LogP contribution in [0.5, 0.6) is 11.5 Å². The van der Waals surface area contributed by atoms with Crippen molar-refractivity contribution in [2.75, 3.05) is 10.2 Å². The van der Waals surface area contributed by atoms with E-state index in [4.69, 9.17) is 9.72 Å². The predicted octanol–water partition coefficient (Wildman–Crippen LogP) is 21.7. The Labute approximate surface area is 461 Å². The molecule has 0 fully saturated rings. The Morgan fingerprint density at radius 2 is 1.05 bits per heavy atom. The fourth-order valence-electron chi connectivity index (χ4n) is 11.5. The molecule has 1 aliphatic heterocycles. The average Bonchev–Trinajstić information content (AvgIpc) is 3.88. The maximum Gasteiger partial charge on any atom is 0.130 e. The van der Waals surface area contributed by atoms with Crippen LogP contribution in [0.2, 0.25) is 0 Å². The van der Waals surface area contributed by atoms with E-state index in [1.807, 2.05) is 6.20 Å². The summed E-state index contributed by atoms with van der Waals surface area (Å²) in [6, 6.07) is 57.0. The molecule has 0 saturated heterocycles. The first-order valence-corrected chi connectivity index (χ1v) is 28.4. The highest BCUT2D eigenvalue weighted by Crippen LogP contribution is 2.52. The number of anilines is 3. The minimum absolute atomic E-state index is 0.148. The van der Waals surface area contributed by atoms with Crippen molar-refractivity contribution < 1.29 is 4.74 Å². The fourth-order valence-corrected chi connectivity index (χ4v) is 11.5. The summed E-state index contributed by atoms with van der Waals surface area (Å²) in [5, 5.41) is 9.14. The minimum Gasteiger partial charge on any atom is -0.457 e. The van der Waals surface area contributed by atoms with Gasteiger partial charge in [-0.2, -0.15) is 0 Å². The van der Waals surface area contributed by atoms with Crippen LogP contribution in [-0.4, -0.2) is 4.98 Å². The topological polar surface area (TPSA) is 37.4 Å². The Balaban J connectivity index is 1.06. The molecule has 0 amide bonds. The van der Waals surface area contributed by atoms with Crippen molar-refractivity contribution >= 4 is 38.6 Å². The highest BCUT2D eigenvalue weighted by molar-refractivity contribution is 6.08. The van der Waals surface area contributed by atoms with Gasteiger partial charge in [-0.25, -0.2) is 0 Å². The average molecular weight is 1020 g/mol. The molecule has 1 aliphatic rings. The molecule has 0 saturated carbocycles. The summed E-state index contributed by atoms with van der Waals surface area (Å²) < 4.78 is 7.24. The van der Waals surface area contributed by atoms with Crippen LogP contribution >= 0.6 is 0 Å². The van der Waals surface area contributed by atoms with Gasteiger partial charge in [0, 0.05) is 11.8 Å². The van der Waals surface area contributed by atoms with E-state index in [1.54, 1.807) is 0 Å². The highest BCUT2D eigenvalue weighted by atomic mass is 16.5. The van der Waals surface area contributed by atoms with Crippen LogP contribution in [0, 0.1) is 0 Å². The van der Waals surface area contributed by atoms with E-state index in [1.165, 1.54) is 94.1 Å². The summed E-state index contributed by atoms with van der Waals surface area (Å²) in [7, 11) is 0. The Kier molecular flexibility index (Phi) is 14.3. The lowest BCUT2D eigenvalue weighted by molar-refractivity contribution is 0.473. The monoisotopic (exact) mass is 1020 g/mol. The molecule has 4 nitrogen and oxygen atoms in total. The van der Waals surface area contributed by atoms with E-state index >= 15 is 0 Å². The molecule has 1 atom stereocenters. The Hall–Kier alpha value is -7.17. The third kappa shape index (κ3) is 10.5. The van der Waals surface area contributed by atoms with Gasteiger partial charge in [0.05, 0.1) is 22.8 Å². The maximum absolute atomic E-state index is 7.24. The number of hydrogen-bond acceptors (Lipinski definition) is 4. The number of benzene rings is 8. The number of pyridine rings is 1. The molecule has 9 aromatic rings. The smallest absolute Gasteiger partial charge is 0.130 e. The van der Waals surface area contributed by atoms with E-state index in [9.17, 15) is 0 Å². The zero-order valence-electron chi connectivity index (χ0n) is 48.8. The summed E-state index contributed by atoms with van der Waals surface area (Å²) in [4.78, 5) is 7.71. The second-order valence-electron chi connectivity index (χ2n) is 25.6. The van der Waals surface area contributed by atoms with Crippen molar-refractivity contribution in [3.63, 3.8) is 0 Å². The van der Waals surface area contributed by atoms with Gasteiger partial charge in [-0.1, -0.05) is 202 Å². The van der Waals surface area contributed by atoms with Gasteiger partial charge in [0.15, 0.2) is 0 Å². The number of ether oxygens (including phenoxy) is 1. The number of nitrogens with zero attached hydrogens (tertiary/aromatic N) is 2. The normalized spacial score (nSPS) is 14.0. The van der Waals surface area contributed by atoms with Gasteiger partial charge in [0.1, 0.15) is 17.7 Å². The summed E-state index contributed by atoms with van der Waals surface area (Å²) >= 11 is 0. The molecule has 77 heavy (non-hydrogen) atoms. The molecule has 0 spiro atoms. The van der Waals surface area contributed by atoms with Gasteiger partial charge in [-0.05, 0) is 189 Å². The Bertz CT molecular complexity index is 3610. The van der Waals surface area contributed by atoms with E-state index in [0.717, 1.165) is 34.0 Å². The minimum atomic E-state index is -0.172. The van der Waals surface area contributed by atoms with E-state index in [2.05, 4.69) is 273 Å². The van der Waals surface area contributed by atoms with Gasteiger partial charge in [-0.15, -0.1) is 0 Å². The third-order valence-corrected chi connectivity index (χ3v) is 16.0. The van der Waals surface area contributed by atoms with Crippen LogP contribution in [-0.2, 0) is 10.8 Å². The molecule has 2 heterocycles. The van der Waals surface area contributed by atoms with Gasteiger partial charge >= 0.3 is 0 Å². The maximum atomic E-state index is 7.24. The predicted molar refractivity (Wildman–Crippen MR) is 331 cm³/mol. The zero-order valence-corrected chi connectivity index (χ0v) is 48.8. The molecule has 8 aromatic carbocycles. The van der Waals surface area contributed by atoms with E-state index in [0.29, 0.717) is 29.6 Å². The first-order chi connectivity index (χ1) is 36.5. The SMILES string of the molecule is CC(C)c1cc(C(C)C)c(N2c3ccccc3NC2c2cc(Oc3cc(-c4cc(-c5c(C(C)C)cc(-c6ccc7c(ccc8ccccc87)c6)cc5C(C)C)ccn4)cc(C(C)(C)C)c3)cc(C(C)(C)C)c2)c(C(C)C)c1. The third-order valence-electron chi connectivity index (χ3n) is 16.0. The van der Waals surface area contributed by atoms with Crippen molar-refractivity contribution in [2.24, 2.45) is 0 Å². The van der Waals surface area contributed by atoms with Gasteiger partial charge in [0.2, 0.25) is 0 Å². The van der Waals surface area contributed by atoms with Crippen LogP contribution in [0.15, 0.2) is 158 Å². The first-order valence-electron chi connectivity index (χ1n) is 28.4. The number of aromatic nitrogens is 1. The molecule has 0 bridgehead atoms. The summed E-state index contributed by atoms with van der Waals surface area (Å²) in [6.07, 6.45) is 1.82. The van der Waals surface area contributed by atoms with Gasteiger partial charge in [-0.3, -0.25) is 4.98 Å². The van der Waals surface area contributed by atoms with Crippen LogP contribution in [0.1, 0.15) is 191 Å². The van der Waals surface area contributed by atoms with Gasteiger partial charge in [0.25, 0.3) is 0 Å². The summed E-state index contributed by atoms with van der Waals surface area (Å²) in [6.45, 7) is 37.0. The molecule has 0 radical (unpaired) electrons. The number of nitrogens with one attached hydrogen (secondary N) is 1. The van der Waals surface area contributed by atoms with Crippen LogP contribution in [0.25, 0.3) is 55.1 Å². The van der Waals surface area contributed by atoms with E-state index in [-0.39, 0.29) is 17.0 Å². The molecule has 394 valence electrons. The van der Waals surface area contributed by atoms with Crippen molar-refractivity contribution in [3.05, 3.63) is 202 Å². The van der Waals surface area contributed by atoms with Crippen LogP contribution in [0.4, 0.5) is 17.1 Å². The fraction of sp³-hybridized carbons (Fsp3) is 0.329. The molecule has 1 unspecified atom stereocenters. The number of rotatable bonds is 12. The molecular weight excluding hydrogens is 935 g/mol. The lowest BCUT2D eigenvalue weighted by Crippen LogP contribution is -2.27. The Morgan fingerprint density at radius 1 is 0.468 bits per heavy atom. The standard InChI is InChI=1S/C73H81N3O/c1-43(2)52-36-64(46(7)8)70(65(37-52)47(9)10)76-68-24-20-19-23-66(68)75-71(76)55-33-57(73(14,15)16)42-59(35-55)77-58-34-54(32-56(41-58)72(11,12)13)67-40-51(29-30-74-67)69-62(44(3)4)38-53(39-63(69)45(5)6)49-27-28-61-50(31-49)26-25-48-21-17-18-22-60(48)61/h17-47,71,75H,1-16H3. The molecular formula is C73H81N3O. The Morgan fingerprint density at radius 3 is 1.69 bits per heavy atom. The van der Waals surface area contributed by atoms with Crippen LogP contribution in [0.3, 0.4) is 0 Å². The van der Waals surface area contributed by atoms with Gasteiger partial charge < -0.3 is 15.0 Å². The molecule has 10 rings (SSSR count). The molecule has 0 aliphatic carbocycles. The van der Waals surface area contributed by atoms with E-state index < -0.39 is 0 Å². The van der Waals surface area contributed by atoms with Crippen molar-refractivity contribution in [2.45, 2.75) is 157 Å². The summed E-state index contributed by atoms with van der Waals surface area (Å²) in [5.41, 5.74) is 20.7. The van der Waals surface area contributed by atoms with Crippen molar-refractivity contribution in [3.8, 4) is 45.0 Å².